The molecular weight excluding hydrogens is 228 g/mol. The highest BCUT2D eigenvalue weighted by Gasteiger charge is 2.18. The number of rotatable bonds is 4. The van der Waals surface area contributed by atoms with Gasteiger partial charge in [0.2, 0.25) is 0 Å². The van der Waals surface area contributed by atoms with Gasteiger partial charge in [-0.15, -0.1) is 0 Å². The molecule has 0 radical (unpaired) electrons. The second-order valence-corrected chi connectivity index (χ2v) is 4.63. The molecule has 1 heterocycles. The number of fused-ring (bicyclic) bond motifs is 1. The van der Waals surface area contributed by atoms with Crippen LogP contribution in [0.3, 0.4) is 0 Å². The maximum absolute atomic E-state index is 12.2. The molecule has 0 bridgehead atoms. The third-order valence-electron chi connectivity index (χ3n) is 3.43. The monoisotopic (exact) mass is 248 g/mol. The summed E-state index contributed by atoms with van der Waals surface area (Å²) in [5.74, 6) is -0.0744. The van der Waals surface area contributed by atoms with Gasteiger partial charge in [0.25, 0.3) is 5.91 Å². The van der Waals surface area contributed by atoms with Crippen LogP contribution in [0.15, 0.2) is 18.2 Å². The molecule has 0 spiro atoms. The summed E-state index contributed by atoms with van der Waals surface area (Å²) >= 11 is 0. The van der Waals surface area contributed by atoms with Crippen molar-refractivity contribution in [3.63, 3.8) is 0 Å². The number of hydrogen-bond acceptors (Lipinski definition) is 3. The van der Waals surface area contributed by atoms with E-state index in [1.807, 2.05) is 19.1 Å². The normalized spacial score (nSPS) is 15.9. The molecule has 0 saturated heterocycles. The Morgan fingerprint density at radius 1 is 1.56 bits per heavy atom. The molecule has 1 aromatic carbocycles. The lowest BCUT2D eigenvalue weighted by molar-refractivity contribution is 0.0913. The Hall–Kier alpha value is -1.39. The van der Waals surface area contributed by atoms with Gasteiger partial charge in [-0.05, 0) is 36.6 Å². The Bertz CT molecular complexity index is 428. The van der Waals surface area contributed by atoms with Crippen LogP contribution in [-0.2, 0) is 13.0 Å². The van der Waals surface area contributed by atoms with E-state index in [0.717, 1.165) is 37.1 Å². The molecule has 0 saturated carbocycles. The number of aliphatic hydroxyl groups excluding tert-OH is 1. The molecule has 0 aliphatic carbocycles. The highest BCUT2D eigenvalue weighted by atomic mass is 16.3. The number of carbonyl (C=O) groups excluding carboxylic acids is 1. The second-order valence-electron chi connectivity index (χ2n) is 4.63. The summed E-state index contributed by atoms with van der Waals surface area (Å²) in [7, 11) is 0. The predicted molar refractivity (Wildman–Crippen MR) is 70.5 cm³/mol. The van der Waals surface area contributed by atoms with Crippen LogP contribution < -0.4 is 10.6 Å². The van der Waals surface area contributed by atoms with Crippen molar-refractivity contribution in [3.05, 3.63) is 34.9 Å². The van der Waals surface area contributed by atoms with Crippen LogP contribution in [0.4, 0.5) is 0 Å². The molecule has 1 aliphatic heterocycles. The average molecular weight is 248 g/mol. The van der Waals surface area contributed by atoms with Gasteiger partial charge in [0, 0.05) is 12.1 Å². The minimum Gasteiger partial charge on any atom is -0.394 e. The number of nitrogens with one attached hydrogen (secondary N) is 2. The van der Waals surface area contributed by atoms with Gasteiger partial charge in [-0.3, -0.25) is 4.79 Å². The maximum Gasteiger partial charge on any atom is 0.251 e. The molecule has 0 fully saturated rings. The lowest BCUT2D eigenvalue weighted by Crippen LogP contribution is -2.38. The zero-order valence-electron chi connectivity index (χ0n) is 10.7. The Balaban J connectivity index is 2.20. The first-order chi connectivity index (χ1) is 8.76. The van der Waals surface area contributed by atoms with E-state index in [1.54, 1.807) is 0 Å². The van der Waals surface area contributed by atoms with Gasteiger partial charge in [0.1, 0.15) is 0 Å². The highest BCUT2D eigenvalue weighted by Crippen LogP contribution is 2.18. The number of carbonyl (C=O) groups is 1. The first-order valence-electron chi connectivity index (χ1n) is 6.49. The third-order valence-corrected chi connectivity index (χ3v) is 3.43. The van der Waals surface area contributed by atoms with Gasteiger partial charge >= 0.3 is 0 Å². The van der Waals surface area contributed by atoms with Crippen molar-refractivity contribution in [3.8, 4) is 0 Å². The minimum absolute atomic E-state index is 0.0151. The first kappa shape index (κ1) is 13.1. The van der Waals surface area contributed by atoms with Crippen LogP contribution in [0.2, 0.25) is 0 Å². The average Bonchev–Trinajstić information content (AvgIpc) is 2.43. The molecule has 1 amide bonds. The van der Waals surface area contributed by atoms with Crippen LogP contribution >= 0.6 is 0 Å². The number of hydrogen-bond donors (Lipinski definition) is 3. The quantitative estimate of drug-likeness (QED) is 0.739. The van der Waals surface area contributed by atoms with E-state index in [-0.39, 0.29) is 18.6 Å². The van der Waals surface area contributed by atoms with Gasteiger partial charge in [0.15, 0.2) is 0 Å². The minimum atomic E-state index is -0.157. The zero-order valence-corrected chi connectivity index (χ0v) is 10.7. The number of benzene rings is 1. The van der Waals surface area contributed by atoms with Gasteiger partial charge in [-0.1, -0.05) is 19.1 Å². The number of aliphatic hydroxyl groups is 1. The van der Waals surface area contributed by atoms with Crippen LogP contribution in [0.1, 0.15) is 34.8 Å². The molecular formula is C14H20N2O2. The van der Waals surface area contributed by atoms with Crippen LogP contribution in [0.25, 0.3) is 0 Å². The van der Waals surface area contributed by atoms with E-state index in [0.29, 0.717) is 0 Å². The second kappa shape index (κ2) is 5.98. The molecule has 98 valence electrons. The summed E-state index contributed by atoms with van der Waals surface area (Å²) in [6, 6.07) is 5.68. The van der Waals surface area contributed by atoms with Crippen molar-refractivity contribution >= 4 is 5.91 Å². The molecule has 1 aromatic rings. The van der Waals surface area contributed by atoms with E-state index in [1.165, 1.54) is 5.56 Å². The molecule has 18 heavy (non-hydrogen) atoms. The van der Waals surface area contributed by atoms with Crippen LogP contribution in [-0.4, -0.2) is 30.2 Å². The summed E-state index contributed by atoms with van der Waals surface area (Å²) in [6.45, 7) is 3.67. The first-order valence-corrected chi connectivity index (χ1v) is 6.49. The topological polar surface area (TPSA) is 61.4 Å². The Morgan fingerprint density at radius 2 is 2.39 bits per heavy atom. The summed E-state index contributed by atoms with van der Waals surface area (Å²) in [5.41, 5.74) is 3.09. The molecule has 4 nitrogen and oxygen atoms in total. The number of amides is 1. The summed E-state index contributed by atoms with van der Waals surface area (Å²) < 4.78 is 0. The summed E-state index contributed by atoms with van der Waals surface area (Å²) in [4.78, 5) is 12.2. The van der Waals surface area contributed by atoms with Crippen molar-refractivity contribution in [1.82, 2.24) is 10.6 Å². The fourth-order valence-electron chi connectivity index (χ4n) is 2.28. The van der Waals surface area contributed by atoms with E-state index >= 15 is 0 Å². The predicted octanol–water partition coefficient (Wildman–Crippen LogP) is 0.833. The molecule has 0 aromatic heterocycles. The van der Waals surface area contributed by atoms with Crippen molar-refractivity contribution in [2.45, 2.75) is 32.4 Å². The molecule has 4 heteroatoms. The molecule has 0 unspecified atom stereocenters. The Morgan fingerprint density at radius 3 is 3.11 bits per heavy atom. The lowest BCUT2D eigenvalue weighted by Gasteiger charge is -2.21. The maximum atomic E-state index is 12.2. The van der Waals surface area contributed by atoms with Gasteiger partial charge in [0.05, 0.1) is 12.6 Å². The van der Waals surface area contributed by atoms with E-state index in [9.17, 15) is 4.79 Å². The smallest absolute Gasteiger partial charge is 0.251 e. The van der Waals surface area contributed by atoms with Crippen LogP contribution in [0, 0.1) is 0 Å². The van der Waals surface area contributed by atoms with E-state index in [4.69, 9.17) is 5.11 Å². The molecule has 2 rings (SSSR count). The van der Waals surface area contributed by atoms with Crippen molar-refractivity contribution in [2.24, 2.45) is 0 Å². The standard InChI is InChI=1S/C14H20N2O2/c1-2-11(9-17)16-14(18)13-5-3-4-10-8-15-7-6-12(10)13/h3-5,11,15,17H,2,6-9H2,1H3,(H,16,18)/t11-/m1/s1. The zero-order chi connectivity index (χ0) is 13.0. The summed E-state index contributed by atoms with van der Waals surface area (Å²) in [5, 5.41) is 15.3. The fourth-order valence-corrected chi connectivity index (χ4v) is 2.28. The van der Waals surface area contributed by atoms with Crippen molar-refractivity contribution in [1.29, 1.82) is 0 Å². The third kappa shape index (κ3) is 2.71. The van der Waals surface area contributed by atoms with Crippen molar-refractivity contribution < 1.29 is 9.90 Å². The van der Waals surface area contributed by atoms with Gasteiger partial charge in [-0.2, -0.15) is 0 Å². The largest absolute Gasteiger partial charge is 0.394 e. The SMILES string of the molecule is CC[C@H](CO)NC(=O)c1cccc2c1CCNC2. The Kier molecular flexibility index (Phi) is 4.33. The van der Waals surface area contributed by atoms with E-state index in [2.05, 4.69) is 16.7 Å². The van der Waals surface area contributed by atoms with Crippen molar-refractivity contribution in [2.75, 3.05) is 13.2 Å². The molecule has 1 atom stereocenters. The highest BCUT2D eigenvalue weighted by molar-refractivity contribution is 5.96. The summed E-state index contributed by atoms with van der Waals surface area (Å²) in [6.07, 6.45) is 1.62. The Labute approximate surface area is 107 Å². The fraction of sp³-hybridized carbons (Fsp3) is 0.500. The van der Waals surface area contributed by atoms with Gasteiger partial charge in [-0.25, -0.2) is 0 Å². The molecule has 1 aliphatic rings. The van der Waals surface area contributed by atoms with Gasteiger partial charge < -0.3 is 15.7 Å². The van der Waals surface area contributed by atoms with Crippen LogP contribution in [0.5, 0.6) is 0 Å². The lowest BCUT2D eigenvalue weighted by atomic mass is 9.95. The molecule has 3 N–H and O–H groups in total. The van der Waals surface area contributed by atoms with E-state index < -0.39 is 0 Å².